The monoisotopic (exact) mass is 539 g/mol. The lowest BCUT2D eigenvalue weighted by atomic mass is 9.82. The minimum absolute atomic E-state index is 0.0503. The second-order valence-electron chi connectivity index (χ2n) is 9.66. The average Bonchev–Trinajstić information content (AvgIpc) is 2.88. The number of rotatable bonds is 14. The molecule has 3 N–H and O–H groups in total. The summed E-state index contributed by atoms with van der Waals surface area (Å²) in [5.74, 6) is -0.191. The van der Waals surface area contributed by atoms with E-state index < -0.39 is 0 Å². The Kier molecular flexibility index (Phi) is 10.9. The maximum absolute atomic E-state index is 13.5. The highest BCUT2D eigenvalue weighted by Crippen LogP contribution is 2.36. The standard InChI is InChI=1S/C28H37N5O4S/c1-32(2)15-6-10-23(34)31-22-12-11-21(29-13-7-16-33(3)18-24(35)30-14-17-38)25-26(22)28(37)20-9-5-4-8-19(20)27(25)36/h4-5,8-9,11-12,29,38H,6-7,10,13-18H2,1-3H3,(H,30,35)(H,31,34). The zero-order valence-electron chi connectivity index (χ0n) is 22.3. The molecule has 3 rings (SSSR count). The maximum Gasteiger partial charge on any atom is 0.234 e. The van der Waals surface area contributed by atoms with Crippen LogP contribution in [0.15, 0.2) is 36.4 Å². The van der Waals surface area contributed by atoms with Gasteiger partial charge in [-0.25, -0.2) is 0 Å². The number of nitrogens with zero attached hydrogens (tertiary/aromatic N) is 2. The van der Waals surface area contributed by atoms with Gasteiger partial charge in [0.05, 0.1) is 23.4 Å². The van der Waals surface area contributed by atoms with Gasteiger partial charge in [0, 0.05) is 48.6 Å². The number of anilines is 2. The topological polar surface area (TPSA) is 111 Å². The number of ketones is 2. The van der Waals surface area contributed by atoms with Gasteiger partial charge in [0.25, 0.3) is 0 Å². The molecule has 0 bridgehead atoms. The largest absolute Gasteiger partial charge is 0.384 e. The number of hydrogen-bond donors (Lipinski definition) is 4. The summed E-state index contributed by atoms with van der Waals surface area (Å²) in [5, 5.41) is 8.95. The Morgan fingerprint density at radius 2 is 1.45 bits per heavy atom. The lowest BCUT2D eigenvalue weighted by molar-refractivity contribution is -0.121. The third-order valence-electron chi connectivity index (χ3n) is 6.24. The average molecular weight is 540 g/mol. The molecule has 1 aliphatic rings. The SMILES string of the molecule is CN(C)CCCC(=O)Nc1ccc(NCCCN(C)CC(=O)NCCS)c2c1C(=O)c1ccccc1C2=O. The predicted octanol–water partition coefficient (Wildman–Crippen LogP) is 2.52. The molecule has 38 heavy (non-hydrogen) atoms. The summed E-state index contributed by atoms with van der Waals surface area (Å²) < 4.78 is 0. The van der Waals surface area contributed by atoms with Gasteiger partial charge in [0.15, 0.2) is 11.6 Å². The van der Waals surface area contributed by atoms with Crippen molar-refractivity contribution in [2.24, 2.45) is 0 Å². The molecule has 0 spiro atoms. The highest BCUT2D eigenvalue weighted by molar-refractivity contribution is 7.80. The van der Waals surface area contributed by atoms with Crippen LogP contribution in [0.1, 0.15) is 51.1 Å². The van der Waals surface area contributed by atoms with Crippen LogP contribution in [0.2, 0.25) is 0 Å². The Balaban J connectivity index is 1.75. The molecular formula is C28H37N5O4S. The Morgan fingerprint density at radius 3 is 2.08 bits per heavy atom. The van der Waals surface area contributed by atoms with E-state index in [1.807, 2.05) is 30.9 Å². The predicted molar refractivity (Wildman–Crippen MR) is 154 cm³/mol. The summed E-state index contributed by atoms with van der Waals surface area (Å²) in [6.45, 7) is 2.80. The Hall–Kier alpha value is -3.21. The lowest BCUT2D eigenvalue weighted by Gasteiger charge is -2.24. The molecule has 2 aromatic rings. The van der Waals surface area contributed by atoms with Crippen LogP contribution in [-0.2, 0) is 9.59 Å². The molecule has 0 aromatic heterocycles. The number of amides is 2. The lowest BCUT2D eigenvalue weighted by Crippen LogP contribution is -2.36. The highest BCUT2D eigenvalue weighted by Gasteiger charge is 2.34. The fourth-order valence-corrected chi connectivity index (χ4v) is 4.50. The Labute approximate surface area is 229 Å². The first kappa shape index (κ1) is 29.3. The summed E-state index contributed by atoms with van der Waals surface area (Å²) in [4.78, 5) is 55.5. The van der Waals surface area contributed by atoms with Crippen molar-refractivity contribution < 1.29 is 19.2 Å². The molecule has 2 amide bonds. The summed E-state index contributed by atoms with van der Waals surface area (Å²) in [5.41, 5.74) is 2.09. The van der Waals surface area contributed by atoms with E-state index >= 15 is 0 Å². The zero-order valence-corrected chi connectivity index (χ0v) is 23.2. The van der Waals surface area contributed by atoms with Crippen molar-refractivity contribution in [1.82, 2.24) is 15.1 Å². The maximum atomic E-state index is 13.5. The van der Waals surface area contributed by atoms with Crippen LogP contribution in [0.25, 0.3) is 0 Å². The molecule has 0 saturated carbocycles. The van der Waals surface area contributed by atoms with E-state index in [9.17, 15) is 19.2 Å². The third kappa shape index (κ3) is 7.66. The first-order valence-corrected chi connectivity index (χ1v) is 13.5. The van der Waals surface area contributed by atoms with Crippen LogP contribution in [0.3, 0.4) is 0 Å². The van der Waals surface area contributed by atoms with E-state index in [1.165, 1.54) is 0 Å². The van der Waals surface area contributed by atoms with E-state index in [-0.39, 0.29) is 41.1 Å². The third-order valence-corrected chi connectivity index (χ3v) is 6.46. The normalized spacial score (nSPS) is 12.4. The number of hydrogen-bond acceptors (Lipinski definition) is 8. The van der Waals surface area contributed by atoms with Gasteiger partial charge >= 0.3 is 0 Å². The molecule has 2 aromatic carbocycles. The number of carbonyl (C=O) groups is 4. The Morgan fingerprint density at radius 1 is 0.816 bits per heavy atom. The number of thiol groups is 1. The molecule has 0 atom stereocenters. The van der Waals surface area contributed by atoms with E-state index in [2.05, 4.69) is 28.6 Å². The van der Waals surface area contributed by atoms with E-state index in [1.54, 1.807) is 36.4 Å². The van der Waals surface area contributed by atoms with Gasteiger partial charge in [-0.15, -0.1) is 0 Å². The minimum atomic E-state index is -0.283. The molecule has 1 aliphatic carbocycles. The molecule has 0 heterocycles. The smallest absolute Gasteiger partial charge is 0.234 e. The van der Waals surface area contributed by atoms with Gasteiger partial charge in [-0.2, -0.15) is 12.6 Å². The van der Waals surface area contributed by atoms with Gasteiger partial charge in [-0.1, -0.05) is 24.3 Å². The van der Waals surface area contributed by atoms with Gasteiger partial charge in [0.1, 0.15) is 0 Å². The van der Waals surface area contributed by atoms with Crippen LogP contribution in [0.5, 0.6) is 0 Å². The molecule has 9 nitrogen and oxygen atoms in total. The summed E-state index contributed by atoms with van der Waals surface area (Å²) in [7, 11) is 5.76. The summed E-state index contributed by atoms with van der Waals surface area (Å²) in [6.07, 6.45) is 1.71. The summed E-state index contributed by atoms with van der Waals surface area (Å²) in [6, 6.07) is 10.2. The zero-order chi connectivity index (χ0) is 27.7. The molecule has 0 aliphatic heterocycles. The van der Waals surface area contributed by atoms with E-state index in [4.69, 9.17) is 0 Å². The molecule has 0 fully saturated rings. The van der Waals surface area contributed by atoms with Crippen molar-refractivity contribution >= 4 is 47.4 Å². The van der Waals surface area contributed by atoms with E-state index in [0.717, 1.165) is 6.54 Å². The number of likely N-dealkylation sites (N-methyl/N-ethyl adjacent to an activating group) is 1. The first-order chi connectivity index (χ1) is 18.2. The quantitative estimate of drug-likeness (QED) is 0.184. The van der Waals surface area contributed by atoms with Crippen molar-refractivity contribution in [3.63, 3.8) is 0 Å². The van der Waals surface area contributed by atoms with Crippen molar-refractivity contribution in [2.45, 2.75) is 19.3 Å². The van der Waals surface area contributed by atoms with Crippen molar-refractivity contribution in [3.8, 4) is 0 Å². The molecule has 0 radical (unpaired) electrons. The Bertz CT molecular complexity index is 1180. The van der Waals surface area contributed by atoms with Crippen LogP contribution >= 0.6 is 12.6 Å². The fourth-order valence-electron chi connectivity index (χ4n) is 4.39. The molecule has 10 heteroatoms. The number of fused-ring (bicyclic) bond motifs is 2. The van der Waals surface area contributed by atoms with Crippen LogP contribution in [0, 0.1) is 0 Å². The molecular weight excluding hydrogens is 502 g/mol. The van der Waals surface area contributed by atoms with Gasteiger partial charge in [0.2, 0.25) is 11.8 Å². The van der Waals surface area contributed by atoms with Gasteiger partial charge in [-0.3, -0.25) is 24.1 Å². The number of carbonyl (C=O) groups excluding carboxylic acids is 4. The first-order valence-electron chi connectivity index (χ1n) is 12.8. The highest BCUT2D eigenvalue weighted by atomic mass is 32.1. The van der Waals surface area contributed by atoms with Crippen LogP contribution < -0.4 is 16.0 Å². The summed E-state index contributed by atoms with van der Waals surface area (Å²) >= 11 is 4.09. The molecule has 204 valence electrons. The van der Waals surface area contributed by atoms with Crippen molar-refractivity contribution in [1.29, 1.82) is 0 Å². The minimum Gasteiger partial charge on any atom is -0.384 e. The van der Waals surface area contributed by atoms with Gasteiger partial charge in [-0.05, 0) is 52.7 Å². The van der Waals surface area contributed by atoms with Crippen molar-refractivity contribution in [2.75, 3.05) is 70.3 Å². The fraction of sp³-hybridized carbons (Fsp3) is 0.429. The second-order valence-corrected chi connectivity index (χ2v) is 10.1. The molecule has 0 saturated heterocycles. The molecule has 0 unspecified atom stereocenters. The second kappa shape index (κ2) is 14.1. The van der Waals surface area contributed by atoms with Crippen LogP contribution in [0.4, 0.5) is 11.4 Å². The number of benzene rings is 2. The number of nitrogens with one attached hydrogen (secondary N) is 3. The van der Waals surface area contributed by atoms with Crippen LogP contribution in [-0.4, -0.2) is 92.8 Å². The van der Waals surface area contributed by atoms with Gasteiger partial charge < -0.3 is 20.9 Å². The van der Waals surface area contributed by atoms with Crippen molar-refractivity contribution in [3.05, 3.63) is 58.7 Å². The van der Waals surface area contributed by atoms with E-state index in [0.29, 0.717) is 67.2 Å².